The number of amides is 1. The number of likely N-dealkylation sites (tertiary alicyclic amines) is 1. The van der Waals surface area contributed by atoms with Crippen LogP contribution in [0.5, 0.6) is 0 Å². The monoisotopic (exact) mass is 291 g/mol. The van der Waals surface area contributed by atoms with Crippen molar-refractivity contribution in [2.45, 2.75) is 39.0 Å². The van der Waals surface area contributed by atoms with Crippen LogP contribution in [0.4, 0.5) is 0 Å². The molecule has 1 aliphatic heterocycles. The molecule has 2 unspecified atom stereocenters. The maximum absolute atomic E-state index is 12.4. The van der Waals surface area contributed by atoms with Gasteiger partial charge in [0.15, 0.2) is 0 Å². The number of carbonyl (C=O) groups is 1. The Morgan fingerprint density at radius 3 is 2.55 bits per heavy atom. The number of thioether (sulfide) groups is 1. The van der Waals surface area contributed by atoms with Gasteiger partial charge in [-0.25, -0.2) is 0 Å². The molecule has 1 aromatic rings. The van der Waals surface area contributed by atoms with Gasteiger partial charge in [-0.1, -0.05) is 31.5 Å². The largest absolute Gasteiger partial charge is 0.341 e. The molecule has 1 amide bonds. The zero-order valence-electron chi connectivity index (χ0n) is 13.0. The standard InChI is InChI=1S/C17H25NOS/c1-12-5-6-15(4)16(8-12)20-11-17(19)18-9-13(2)7-14(3)10-18/h5-6,8,13-14H,7,9-11H2,1-4H3. The first kappa shape index (κ1) is 15.4. The first-order valence-corrected chi connectivity index (χ1v) is 8.42. The molecule has 1 saturated heterocycles. The molecular formula is C17H25NOS. The van der Waals surface area contributed by atoms with Gasteiger partial charge in [0.1, 0.15) is 0 Å². The van der Waals surface area contributed by atoms with E-state index in [9.17, 15) is 4.79 Å². The summed E-state index contributed by atoms with van der Waals surface area (Å²) in [5, 5.41) is 0. The van der Waals surface area contributed by atoms with Crippen LogP contribution in [0.2, 0.25) is 0 Å². The van der Waals surface area contributed by atoms with Gasteiger partial charge in [0.25, 0.3) is 0 Å². The average molecular weight is 291 g/mol. The number of rotatable bonds is 3. The quantitative estimate of drug-likeness (QED) is 0.787. The maximum atomic E-state index is 12.4. The van der Waals surface area contributed by atoms with Gasteiger partial charge in [0.05, 0.1) is 5.75 Å². The highest BCUT2D eigenvalue weighted by atomic mass is 32.2. The summed E-state index contributed by atoms with van der Waals surface area (Å²) in [6, 6.07) is 6.43. The molecule has 0 N–H and O–H groups in total. The normalized spacial score (nSPS) is 22.9. The van der Waals surface area contributed by atoms with Crippen LogP contribution in [0.3, 0.4) is 0 Å². The summed E-state index contributed by atoms with van der Waals surface area (Å²) in [5.74, 6) is 2.11. The van der Waals surface area contributed by atoms with Gasteiger partial charge in [0.2, 0.25) is 5.91 Å². The van der Waals surface area contributed by atoms with Crippen LogP contribution in [-0.4, -0.2) is 29.6 Å². The SMILES string of the molecule is Cc1ccc(C)c(SCC(=O)N2CC(C)CC(C)C2)c1. The molecule has 1 fully saturated rings. The third-order valence-corrected chi connectivity index (χ3v) is 5.06. The number of piperidine rings is 1. The Hall–Kier alpha value is -0.960. The minimum absolute atomic E-state index is 0.286. The van der Waals surface area contributed by atoms with Crippen LogP contribution in [0.25, 0.3) is 0 Å². The summed E-state index contributed by atoms with van der Waals surface area (Å²) in [5.41, 5.74) is 2.51. The lowest BCUT2D eigenvalue weighted by Gasteiger charge is -2.35. The van der Waals surface area contributed by atoms with Gasteiger partial charge in [-0.15, -0.1) is 11.8 Å². The Balaban J connectivity index is 1.93. The lowest BCUT2D eigenvalue weighted by Crippen LogP contribution is -2.43. The fourth-order valence-corrected chi connectivity index (χ4v) is 3.99. The van der Waals surface area contributed by atoms with Gasteiger partial charge in [-0.3, -0.25) is 4.79 Å². The first-order valence-electron chi connectivity index (χ1n) is 7.43. The van der Waals surface area contributed by atoms with E-state index in [1.54, 1.807) is 11.8 Å². The summed E-state index contributed by atoms with van der Waals surface area (Å²) in [4.78, 5) is 15.6. The van der Waals surface area contributed by atoms with Crippen molar-refractivity contribution in [3.63, 3.8) is 0 Å². The van der Waals surface area contributed by atoms with E-state index in [0.29, 0.717) is 17.6 Å². The van der Waals surface area contributed by atoms with Crippen molar-refractivity contribution < 1.29 is 4.79 Å². The van der Waals surface area contributed by atoms with Gasteiger partial charge >= 0.3 is 0 Å². The van der Waals surface area contributed by atoms with Crippen LogP contribution in [-0.2, 0) is 4.79 Å². The molecule has 0 radical (unpaired) electrons. The molecule has 110 valence electrons. The minimum atomic E-state index is 0.286. The van der Waals surface area contributed by atoms with Crippen molar-refractivity contribution in [2.24, 2.45) is 11.8 Å². The molecule has 1 aromatic carbocycles. The predicted molar refractivity (Wildman–Crippen MR) is 86.2 cm³/mol. The molecule has 1 heterocycles. The summed E-state index contributed by atoms with van der Waals surface area (Å²) < 4.78 is 0. The van der Waals surface area contributed by atoms with Gasteiger partial charge in [-0.05, 0) is 43.7 Å². The average Bonchev–Trinajstić information content (AvgIpc) is 2.38. The molecule has 20 heavy (non-hydrogen) atoms. The van der Waals surface area contributed by atoms with Crippen molar-refractivity contribution in [2.75, 3.05) is 18.8 Å². The van der Waals surface area contributed by atoms with E-state index in [2.05, 4.69) is 50.8 Å². The van der Waals surface area contributed by atoms with Crippen molar-refractivity contribution >= 4 is 17.7 Å². The number of benzene rings is 1. The Morgan fingerprint density at radius 2 is 1.90 bits per heavy atom. The molecule has 2 rings (SSSR count). The highest BCUT2D eigenvalue weighted by Crippen LogP contribution is 2.26. The topological polar surface area (TPSA) is 20.3 Å². The zero-order chi connectivity index (χ0) is 14.7. The Bertz CT molecular complexity index is 476. The number of hydrogen-bond acceptors (Lipinski definition) is 2. The van der Waals surface area contributed by atoms with Crippen LogP contribution >= 0.6 is 11.8 Å². The molecule has 2 nitrogen and oxygen atoms in total. The second kappa shape index (κ2) is 6.66. The third-order valence-electron chi connectivity index (χ3n) is 3.92. The van der Waals surface area contributed by atoms with Crippen LogP contribution < -0.4 is 0 Å². The number of carbonyl (C=O) groups excluding carboxylic acids is 1. The number of aryl methyl sites for hydroxylation is 2. The summed E-state index contributed by atoms with van der Waals surface area (Å²) >= 11 is 1.67. The second-order valence-corrected chi connectivity index (χ2v) is 7.32. The molecule has 2 atom stereocenters. The predicted octanol–water partition coefficient (Wildman–Crippen LogP) is 3.90. The Labute approximate surface area is 126 Å². The van der Waals surface area contributed by atoms with E-state index in [4.69, 9.17) is 0 Å². The fourth-order valence-electron chi connectivity index (χ4n) is 2.96. The molecule has 0 spiro atoms. The van der Waals surface area contributed by atoms with Gasteiger partial charge in [0, 0.05) is 18.0 Å². The van der Waals surface area contributed by atoms with Crippen molar-refractivity contribution in [3.05, 3.63) is 29.3 Å². The van der Waals surface area contributed by atoms with Crippen LogP contribution in [0.1, 0.15) is 31.4 Å². The first-order chi connectivity index (χ1) is 9.45. The van der Waals surface area contributed by atoms with Crippen molar-refractivity contribution in [3.8, 4) is 0 Å². The second-order valence-electron chi connectivity index (χ2n) is 6.30. The highest BCUT2D eigenvalue weighted by molar-refractivity contribution is 8.00. The van der Waals surface area contributed by atoms with Gasteiger partial charge < -0.3 is 4.90 Å². The fraction of sp³-hybridized carbons (Fsp3) is 0.588. The molecule has 3 heteroatoms. The summed E-state index contributed by atoms with van der Waals surface area (Å²) in [6.45, 7) is 10.5. The van der Waals surface area contributed by atoms with E-state index >= 15 is 0 Å². The molecule has 0 aromatic heterocycles. The summed E-state index contributed by atoms with van der Waals surface area (Å²) in [7, 11) is 0. The minimum Gasteiger partial charge on any atom is -0.341 e. The number of nitrogens with zero attached hydrogens (tertiary/aromatic N) is 1. The molecule has 1 aliphatic rings. The third kappa shape index (κ3) is 4.02. The van der Waals surface area contributed by atoms with Crippen molar-refractivity contribution in [1.29, 1.82) is 0 Å². The lowest BCUT2D eigenvalue weighted by atomic mass is 9.92. The summed E-state index contributed by atoms with van der Waals surface area (Å²) in [6.07, 6.45) is 1.24. The van der Waals surface area contributed by atoms with E-state index in [0.717, 1.165) is 13.1 Å². The van der Waals surface area contributed by atoms with Gasteiger partial charge in [-0.2, -0.15) is 0 Å². The van der Waals surface area contributed by atoms with E-state index in [1.807, 2.05) is 0 Å². The van der Waals surface area contributed by atoms with E-state index in [-0.39, 0.29) is 5.91 Å². The molecule has 0 saturated carbocycles. The van der Waals surface area contributed by atoms with E-state index < -0.39 is 0 Å². The molecule has 0 bridgehead atoms. The molecule has 0 aliphatic carbocycles. The Morgan fingerprint density at radius 1 is 1.25 bits per heavy atom. The van der Waals surface area contributed by atoms with Crippen molar-refractivity contribution in [1.82, 2.24) is 4.90 Å². The maximum Gasteiger partial charge on any atom is 0.232 e. The zero-order valence-corrected chi connectivity index (χ0v) is 13.8. The lowest BCUT2D eigenvalue weighted by molar-refractivity contribution is -0.130. The molecular weight excluding hydrogens is 266 g/mol. The highest BCUT2D eigenvalue weighted by Gasteiger charge is 2.25. The van der Waals surface area contributed by atoms with Crippen LogP contribution in [0.15, 0.2) is 23.1 Å². The smallest absolute Gasteiger partial charge is 0.232 e. The Kier molecular flexibility index (Phi) is 5.14. The van der Waals surface area contributed by atoms with E-state index in [1.165, 1.54) is 22.4 Å². The van der Waals surface area contributed by atoms with Crippen LogP contribution in [0, 0.1) is 25.7 Å². The number of hydrogen-bond donors (Lipinski definition) is 0.